The third-order valence-electron chi connectivity index (χ3n) is 5.92. The van der Waals surface area contributed by atoms with Gasteiger partial charge in [-0.25, -0.2) is 14.4 Å². The number of nitrogens with one attached hydrogen (secondary N) is 1. The minimum atomic E-state index is -0.585. The minimum absolute atomic E-state index is 0.316. The van der Waals surface area contributed by atoms with E-state index < -0.39 is 6.67 Å². The summed E-state index contributed by atoms with van der Waals surface area (Å²) >= 11 is 0. The smallest absolute Gasteiger partial charge is 0.142 e. The van der Waals surface area contributed by atoms with Gasteiger partial charge in [-0.05, 0) is 37.1 Å². The number of benzene rings is 1. The number of H-pyrrole nitrogens is 1. The van der Waals surface area contributed by atoms with Gasteiger partial charge in [0, 0.05) is 48.3 Å². The van der Waals surface area contributed by atoms with Crippen LogP contribution in [0.15, 0.2) is 48.9 Å². The highest BCUT2D eigenvalue weighted by Gasteiger charge is 2.33. The highest BCUT2D eigenvalue weighted by molar-refractivity contribution is 5.91. The molecule has 1 aliphatic rings. The van der Waals surface area contributed by atoms with Gasteiger partial charge in [0.15, 0.2) is 0 Å². The van der Waals surface area contributed by atoms with Gasteiger partial charge in [-0.1, -0.05) is 12.1 Å². The fourth-order valence-electron chi connectivity index (χ4n) is 4.34. The van der Waals surface area contributed by atoms with Gasteiger partial charge in [-0.2, -0.15) is 5.26 Å². The SMILES string of the molecule is C[C@]1(N)CCN(c2c(-c3ccnc(C#N)c3)cncc2-c2nc3c(CF)cccc3[nH]2)C1. The molecule has 160 valence electrons. The standard InChI is InChI=1S/C24H22FN7/c1-24(27)6-8-32(14-24)22-18(15-5-7-29-17(9-15)11-26)12-28-13-19(22)23-30-20-4-2-3-16(10-25)21(20)31-23/h2-5,7,9,12-13H,6,8,10,14,27H2,1H3,(H,30,31)/t24-/m0/s1. The predicted molar refractivity (Wildman–Crippen MR) is 122 cm³/mol. The number of imidazole rings is 1. The summed E-state index contributed by atoms with van der Waals surface area (Å²) in [4.78, 5) is 18.9. The Morgan fingerprint density at radius 2 is 2.12 bits per heavy atom. The van der Waals surface area contributed by atoms with Crippen LogP contribution in [0.4, 0.5) is 10.1 Å². The van der Waals surface area contributed by atoms with Crippen molar-refractivity contribution in [1.29, 1.82) is 5.26 Å². The molecule has 3 N–H and O–H groups in total. The molecule has 4 aromatic rings. The number of pyridine rings is 2. The number of hydrogen-bond acceptors (Lipinski definition) is 6. The van der Waals surface area contributed by atoms with Crippen LogP contribution in [0.25, 0.3) is 33.5 Å². The fraction of sp³-hybridized carbons (Fsp3) is 0.250. The Kier molecular flexibility index (Phi) is 4.83. The first-order valence-electron chi connectivity index (χ1n) is 10.4. The van der Waals surface area contributed by atoms with Crippen molar-refractivity contribution in [2.75, 3.05) is 18.0 Å². The second-order valence-electron chi connectivity index (χ2n) is 8.48. The largest absolute Gasteiger partial charge is 0.368 e. The molecule has 0 aliphatic carbocycles. The molecular weight excluding hydrogens is 405 g/mol. The molecule has 3 aromatic heterocycles. The minimum Gasteiger partial charge on any atom is -0.368 e. The van der Waals surface area contributed by atoms with Gasteiger partial charge in [0.2, 0.25) is 0 Å². The Morgan fingerprint density at radius 1 is 1.28 bits per heavy atom. The zero-order valence-corrected chi connectivity index (χ0v) is 17.6. The Morgan fingerprint density at radius 3 is 2.88 bits per heavy atom. The number of fused-ring (bicyclic) bond motifs is 1. The molecule has 5 rings (SSSR count). The first-order chi connectivity index (χ1) is 15.5. The summed E-state index contributed by atoms with van der Waals surface area (Å²) in [7, 11) is 0. The van der Waals surface area contributed by atoms with Crippen molar-refractivity contribution >= 4 is 16.7 Å². The van der Waals surface area contributed by atoms with Gasteiger partial charge in [0.05, 0.1) is 22.3 Å². The second-order valence-corrected chi connectivity index (χ2v) is 8.48. The molecule has 0 saturated carbocycles. The highest BCUT2D eigenvalue weighted by Crippen LogP contribution is 2.41. The first kappa shape index (κ1) is 20.1. The van der Waals surface area contributed by atoms with Gasteiger partial charge in [0.1, 0.15) is 24.3 Å². The third-order valence-corrected chi connectivity index (χ3v) is 5.92. The van der Waals surface area contributed by atoms with E-state index in [0.29, 0.717) is 29.1 Å². The van der Waals surface area contributed by atoms with Crippen LogP contribution in [0, 0.1) is 11.3 Å². The molecule has 1 atom stereocenters. The van der Waals surface area contributed by atoms with E-state index in [9.17, 15) is 9.65 Å². The molecule has 1 aliphatic heterocycles. The molecule has 4 heterocycles. The molecule has 1 aromatic carbocycles. The maximum Gasteiger partial charge on any atom is 0.142 e. The van der Waals surface area contributed by atoms with Crippen LogP contribution in [-0.2, 0) is 6.67 Å². The maximum atomic E-state index is 13.5. The average Bonchev–Trinajstić information content (AvgIpc) is 3.41. The topological polar surface area (TPSA) is 108 Å². The van der Waals surface area contributed by atoms with Crippen LogP contribution in [0.5, 0.6) is 0 Å². The van der Waals surface area contributed by atoms with E-state index in [1.165, 1.54) is 0 Å². The van der Waals surface area contributed by atoms with Crippen LogP contribution < -0.4 is 10.6 Å². The molecule has 0 unspecified atom stereocenters. The number of aromatic amines is 1. The molecular formula is C24H22FN7. The molecule has 0 spiro atoms. The number of aromatic nitrogens is 4. The van der Waals surface area contributed by atoms with E-state index in [1.54, 1.807) is 30.7 Å². The van der Waals surface area contributed by atoms with Crippen molar-refractivity contribution in [3.8, 4) is 28.6 Å². The summed E-state index contributed by atoms with van der Waals surface area (Å²) in [5.74, 6) is 0.616. The summed E-state index contributed by atoms with van der Waals surface area (Å²) in [5, 5.41) is 9.32. The van der Waals surface area contributed by atoms with Crippen LogP contribution in [-0.4, -0.2) is 38.6 Å². The van der Waals surface area contributed by atoms with Crippen molar-refractivity contribution in [3.05, 3.63) is 60.2 Å². The van der Waals surface area contributed by atoms with E-state index in [2.05, 4.69) is 25.9 Å². The van der Waals surface area contributed by atoms with Crippen molar-refractivity contribution < 1.29 is 4.39 Å². The van der Waals surface area contributed by atoms with Crippen molar-refractivity contribution in [2.45, 2.75) is 25.6 Å². The third kappa shape index (κ3) is 3.47. The normalized spacial score (nSPS) is 18.2. The number of nitrogens with two attached hydrogens (primary N) is 1. The quantitative estimate of drug-likeness (QED) is 0.511. The second kappa shape index (κ2) is 7.70. The van der Waals surface area contributed by atoms with Crippen LogP contribution in [0.1, 0.15) is 24.6 Å². The zero-order valence-electron chi connectivity index (χ0n) is 17.6. The Balaban J connectivity index is 1.74. The van der Waals surface area contributed by atoms with Crippen LogP contribution in [0.2, 0.25) is 0 Å². The summed E-state index contributed by atoms with van der Waals surface area (Å²) in [6, 6.07) is 11.2. The maximum absolute atomic E-state index is 13.5. The number of alkyl halides is 1. The molecule has 1 saturated heterocycles. The monoisotopic (exact) mass is 427 g/mol. The highest BCUT2D eigenvalue weighted by atomic mass is 19.1. The summed E-state index contributed by atoms with van der Waals surface area (Å²) in [6.45, 7) is 2.91. The lowest BCUT2D eigenvalue weighted by atomic mass is 10.0. The molecule has 7 nitrogen and oxygen atoms in total. The average molecular weight is 427 g/mol. The molecule has 0 amide bonds. The molecule has 1 fully saturated rings. The summed E-state index contributed by atoms with van der Waals surface area (Å²) < 4.78 is 13.5. The lowest BCUT2D eigenvalue weighted by Crippen LogP contribution is -2.39. The summed E-state index contributed by atoms with van der Waals surface area (Å²) in [5.41, 5.74) is 11.8. The van der Waals surface area contributed by atoms with E-state index in [4.69, 9.17) is 10.7 Å². The first-order valence-corrected chi connectivity index (χ1v) is 10.4. The zero-order chi connectivity index (χ0) is 22.3. The number of para-hydroxylation sites is 1. The van der Waals surface area contributed by atoms with Gasteiger partial charge < -0.3 is 15.6 Å². The lowest BCUT2D eigenvalue weighted by Gasteiger charge is -2.26. The fourth-order valence-corrected chi connectivity index (χ4v) is 4.34. The van der Waals surface area contributed by atoms with Crippen molar-refractivity contribution in [1.82, 2.24) is 19.9 Å². The van der Waals surface area contributed by atoms with E-state index in [0.717, 1.165) is 40.9 Å². The van der Waals surface area contributed by atoms with Gasteiger partial charge in [-0.15, -0.1) is 0 Å². The Hall–Kier alpha value is -3.83. The van der Waals surface area contributed by atoms with E-state index in [-0.39, 0.29) is 5.54 Å². The van der Waals surface area contributed by atoms with E-state index >= 15 is 0 Å². The Bertz CT molecular complexity index is 1350. The van der Waals surface area contributed by atoms with E-state index in [1.807, 2.05) is 25.1 Å². The Labute approximate surface area is 184 Å². The number of anilines is 1. The predicted octanol–water partition coefficient (Wildman–Crippen LogP) is 3.96. The number of rotatable bonds is 4. The molecule has 0 radical (unpaired) electrons. The van der Waals surface area contributed by atoms with Gasteiger partial charge in [-0.3, -0.25) is 4.98 Å². The van der Waals surface area contributed by atoms with Crippen molar-refractivity contribution in [3.63, 3.8) is 0 Å². The number of nitriles is 1. The molecule has 8 heteroatoms. The number of halogens is 1. The van der Waals surface area contributed by atoms with Crippen LogP contribution >= 0.6 is 0 Å². The lowest BCUT2D eigenvalue weighted by molar-refractivity contribution is 0.487. The van der Waals surface area contributed by atoms with Crippen molar-refractivity contribution in [2.24, 2.45) is 5.73 Å². The van der Waals surface area contributed by atoms with Crippen LogP contribution in [0.3, 0.4) is 0 Å². The number of nitrogens with zero attached hydrogens (tertiary/aromatic N) is 5. The molecule has 32 heavy (non-hydrogen) atoms. The number of hydrogen-bond donors (Lipinski definition) is 2. The van der Waals surface area contributed by atoms with Gasteiger partial charge in [0.25, 0.3) is 0 Å². The van der Waals surface area contributed by atoms with Gasteiger partial charge >= 0.3 is 0 Å². The summed E-state index contributed by atoms with van der Waals surface area (Å²) in [6.07, 6.45) is 6.03. The molecule has 0 bridgehead atoms.